The predicted octanol–water partition coefficient (Wildman–Crippen LogP) is 2.10. The van der Waals surface area contributed by atoms with E-state index in [-0.39, 0.29) is 18.2 Å². The van der Waals surface area contributed by atoms with Crippen molar-refractivity contribution in [2.24, 2.45) is 0 Å². The van der Waals surface area contributed by atoms with Crippen LogP contribution < -0.4 is 10.1 Å². The topological polar surface area (TPSA) is 61.9 Å². The zero-order chi connectivity index (χ0) is 20.4. The van der Waals surface area contributed by atoms with Gasteiger partial charge in [0.1, 0.15) is 5.75 Å². The van der Waals surface area contributed by atoms with Gasteiger partial charge < -0.3 is 15.0 Å². The first kappa shape index (κ1) is 21.4. The highest BCUT2D eigenvalue weighted by atomic mass is 16.5. The van der Waals surface area contributed by atoms with E-state index in [1.807, 2.05) is 41.3 Å². The summed E-state index contributed by atoms with van der Waals surface area (Å²) in [5.41, 5.74) is 0.974. The van der Waals surface area contributed by atoms with Crippen molar-refractivity contribution >= 4 is 17.9 Å². The lowest BCUT2D eigenvalue weighted by Crippen LogP contribution is -2.56. The van der Waals surface area contributed by atoms with E-state index in [0.29, 0.717) is 32.7 Å². The molecule has 0 radical (unpaired) electrons. The normalized spacial score (nSPS) is 17.2. The van der Waals surface area contributed by atoms with E-state index in [9.17, 15) is 9.59 Å². The summed E-state index contributed by atoms with van der Waals surface area (Å²) in [4.78, 5) is 28.7. The molecule has 1 aromatic carbocycles. The fourth-order valence-corrected chi connectivity index (χ4v) is 3.21. The minimum Gasteiger partial charge on any atom is -0.496 e. The Morgan fingerprint density at radius 3 is 2.71 bits per heavy atom. The molecule has 0 aromatic heterocycles. The van der Waals surface area contributed by atoms with Gasteiger partial charge in [0, 0.05) is 38.3 Å². The largest absolute Gasteiger partial charge is 0.496 e. The molecule has 1 N–H and O–H groups in total. The lowest BCUT2D eigenvalue weighted by atomic mass is 10.1. The molecule has 6 nitrogen and oxygen atoms in total. The SMILES string of the molecule is C=CCN(CC=C)C(=O)CC1C(=O)NCCN1C/C=C/c1ccccc1OC. The van der Waals surface area contributed by atoms with E-state index in [0.717, 1.165) is 11.3 Å². The van der Waals surface area contributed by atoms with Gasteiger partial charge in [-0.2, -0.15) is 0 Å². The lowest BCUT2D eigenvalue weighted by Gasteiger charge is -2.35. The predicted molar refractivity (Wildman–Crippen MR) is 112 cm³/mol. The van der Waals surface area contributed by atoms with Crippen molar-refractivity contribution < 1.29 is 14.3 Å². The van der Waals surface area contributed by atoms with Crippen molar-refractivity contribution in [2.75, 3.05) is 39.8 Å². The van der Waals surface area contributed by atoms with E-state index < -0.39 is 6.04 Å². The molecule has 1 atom stereocenters. The summed E-state index contributed by atoms with van der Waals surface area (Å²) in [6.07, 6.45) is 7.47. The summed E-state index contributed by atoms with van der Waals surface area (Å²) < 4.78 is 5.36. The van der Waals surface area contributed by atoms with Crippen LogP contribution in [0.5, 0.6) is 5.75 Å². The van der Waals surface area contributed by atoms with E-state index >= 15 is 0 Å². The molecule has 1 saturated heterocycles. The molecule has 6 heteroatoms. The molecule has 1 fully saturated rings. The van der Waals surface area contributed by atoms with Crippen LogP contribution in [0.15, 0.2) is 55.7 Å². The number of ether oxygens (including phenoxy) is 1. The molecular formula is C22H29N3O3. The highest BCUT2D eigenvalue weighted by molar-refractivity contribution is 5.89. The summed E-state index contributed by atoms with van der Waals surface area (Å²) in [6.45, 7) is 10.1. The summed E-state index contributed by atoms with van der Waals surface area (Å²) in [5, 5.41) is 2.86. The number of methoxy groups -OCH3 is 1. The van der Waals surface area contributed by atoms with Crippen molar-refractivity contribution in [1.29, 1.82) is 0 Å². The number of hydrogen-bond donors (Lipinski definition) is 1. The smallest absolute Gasteiger partial charge is 0.237 e. The summed E-state index contributed by atoms with van der Waals surface area (Å²) >= 11 is 0. The van der Waals surface area contributed by atoms with E-state index in [1.165, 1.54) is 0 Å². The van der Waals surface area contributed by atoms with Crippen LogP contribution in [0.1, 0.15) is 12.0 Å². The first-order valence-electron chi connectivity index (χ1n) is 9.41. The Balaban J connectivity index is 2.05. The zero-order valence-corrected chi connectivity index (χ0v) is 16.5. The number of piperazine rings is 1. The second kappa shape index (κ2) is 11.1. The fraction of sp³-hybridized carbons (Fsp3) is 0.364. The number of rotatable bonds is 10. The zero-order valence-electron chi connectivity index (χ0n) is 16.5. The van der Waals surface area contributed by atoms with Crippen molar-refractivity contribution in [2.45, 2.75) is 12.5 Å². The van der Waals surface area contributed by atoms with Crippen LogP contribution in [0.4, 0.5) is 0 Å². The Hall–Kier alpha value is -2.86. The number of nitrogens with one attached hydrogen (secondary N) is 1. The number of hydrogen-bond acceptors (Lipinski definition) is 4. The third-order valence-electron chi connectivity index (χ3n) is 4.64. The number of carbonyl (C=O) groups is 2. The Bertz CT molecular complexity index is 719. The highest BCUT2D eigenvalue weighted by Crippen LogP contribution is 2.19. The Labute approximate surface area is 167 Å². The van der Waals surface area contributed by atoms with Crippen LogP contribution in [-0.4, -0.2) is 67.5 Å². The van der Waals surface area contributed by atoms with Crippen molar-refractivity contribution in [3.8, 4) is 5.75 Å². The van der Waals surface area contributed by atoms with Gasteiger partial charge in [0.2, 0.25) is 11.8 Å². The van der Waals surface area contributed by atoms with Crippen molar-refractivity contribution in [3.63, 3.8) is 0 Å². The molecule has 1 aliphatic rings. The number of carbonyl (C=O) groups excluding carboxylic acids is 2. The average molecular weight is 383 g/mol. The first-order valence-corrected chi connectivity index (χ1v) is 9.41. The lowest BCUT2D eigenvalue weighted by molar-refractivity contribution is -0.138. The van der Waals surface area contributed by atoms with Crippen LogP contribution in [0.25, 0.3) is 6.08 Å². The minimum absolute atomic E-state index is 0.0828. The molecule has 28 heavy (non-hydrogen) atoms. The van der Waals surface area contributed by atoms with Gasteiger partial charge in [-0.25, -0.2) is 0 Å². The van der Waals surface area contributed by atoms with Crippen LogP contribution >= 0.6 is 0 Å². The summed E-state index contributed by atoms with van der Waals surface area (Å²) in [5.74, 6) is 0.606. The number of nitrogens with zero attached hydrogens (tertiary/aromatic N) is 2. The van der Waals surface area contributed by atoms with Gasteiger partial charge in [0.05, 0.1) is 19.6 Å². The van der Waals surface area contributed by atoms with Gasteiger partial charge in [-0.3, -0.25) is 14.5 Å². The molecule has 0 spiro atoms. The van der Waals surface area contributed by atoms with Gasteiger partial charge in [0.15, 0.2) is 0 Å². The molecular weight excluding hydrogens is 354 g/mol. The molecule has 1 aliphatic heterocycles. The van der Waals surface area contributed by atoms with Crippen molar-refractivity contribution in [3.05, 3.63) is 61.2 Å². The Morgan fingerprint density at radius 2 is 2.04 bits per heavy atom. The molecule has 1 heterocycles. The molecule has 0 bridgehead atoms. The Morgan fingerprint density at radius 1 is 1.32 bits per heavy atom. The maximum Gasteiger partial charge on any atom is 0.237 e. The maximum atomic E-state index is 12.7. The van der Waals surface area contributed by atoms with Gasteiger partial charge in [-0.1, -0.05) is 42.5 Å². The van der Waals surface area contributed by atoms with Gasteiger partial charge in [0.25, 0.3) is 0 Å². The molecule has 0 aliphatic carbocycles. The summed E-state index contributed by atoms with van der Waals surface area (Å²) in [6, 6.07) is 7.27. The molecule has 150 valence electrons. The van der Waals surface area contributed by atoms with Gasteiger partial charge >= 0.3 is 0 Å². The second-order valence-electron chi connectivity index (χ2n) is 6.53. The first-order chi connectivity index (χ1) is 13.6. The highest BCUT2D eigenvalue weighted by Gasteiger charge is 2.32. The van der Waals surface area contributed by atoms with Gasteiger partial charge in [-0.15, -0.1) is 13.2 Å². The van der Waals surface area contributed by atoms with Crippen LogP contribution in [0.2, 0.25) is 0 Å². The number of para-hydroxylation sites is 1. The number of benzene rings is 1. The summed E-state index contributed by atoms with van der Waals surface area (Å²) in [7, 11) is 1.64. The quantitative estimate of drug-likeness (QED) is 0.629. The molecule has 1 aromatic rings. The average Bonchev–Trinajstić information content (AvgIpc) is 2.70. The third kappa shape index (κ3) is 5.82. The molecule has 2 rings (SSSR count). The van der Waals surface area contributed by atoms with Gasteiger partial charge in [-0.05, 0) is 6.07 Å². The van der Waals surface area contributed by atoms with E-state index in [2.05, 4.69) is 18.5 Å². The van der Waals surface area contributed by atoms with Crippen LogP contribution in [0, 0.1) is 0 Å². The molecule has 0 saturated carbocycles. The standard InChI is InChI=1S/C22H29N3O3/c1-4-13-25(14-5-2)21(26)17-19-22(27)23-12-16-24(19)15-8-10-18-9-6-7-11-20(18)28-3/h4-11,19H,1-2,12-17H2,3H3,(H,23,27)/b10-8+. The minimum atomic E-state index is -0.485. The monoisotopic (exact) mass is 383 g/mol. The van der Waals surface area contributed by atoms with E-state index in [4.69, 9.17) is 4.74 Å². The maximum absolute atomic E-state index is 12.7. The van der Waals surface area contributed by atoms with Crippen molar-refractivity contribution in [1.82, 2.24) is 15.1 Å². The fourth-order valence-electron chi connectivity index (χ4n) is 3.21. The molecule has 2 amide bonds. The third-order valence-corrected chi connectivity index (χ3v) is 4.64. The van der Waals surface area contributed by atoms with Crippen LogP contribution in [-0.2, 0) is 9.59 Å². The second-order valence-corrected chi connectivity index (χ2v) is 6.53. The molecule has 1 unspecified atom stereocenters. The Kier molecular flexibility index (Phi) is 8.49. The number of amides is 2. The van der Waals surface area contributed by atoms with Crippen LogP contribution in [0.3, 0.4) is 0 Å². The van der Waals surface area contributed by atoms with E-state index in [1.54, 1.807) is 24.2 Å².